The van der Waals surface area contributed by atoms with Gasteiger partial charge >= 0.3 is 11.9 Å². The molecule has 1 atom stereocenters. The van der Waals surface area contributed by atoms with Gasteiger partial charge in [0.05, 0.1) is 6.61 Å². The number of ether oxygens (including phenoxy) is 2. The zero-order valence-electron chi connectivity index (χ0n) is 52.2. The van der Waals surface area contributed by atoms with Crippen molar-refractivity contribution in [1.82, 2.24) is 0 Å². The summed E-state index contributed by atoms with van der Waals surface area (Å²) in [6.45, 7) is 4.08. The molecule has 5 heteroatoms. The van der Waals surface area contributed by atoms with Gasteiger partial charge in [0.15, 0.2) is 6.10 Å². The topological polar surface area (TPSA) is 72.8 Å². The van der Waals surface area contributed by atoms with Crippen LogP contribution in [0.25, 0.3) is 0 Å². The van der Waals surface area contributed by atoms with Gasteiger partial charge in [0.1, 0.15) is 6.61 Å². The van der Waals surface area contributed by atoms with E-state index in [1.165, 1.54) is 263 Å². The molecule has 0 fully saturated rings. The monoisotopic (exact) mass is 1090 g/mol. The molecular weight excluding hydrogens is 957 g/mol. The van der Waals surface area contributed by atoms with Gasteiger partial charge in [-0.3, -0.25) is 9.59 Å². The molecule has 1 N–H and O–H groups in total. The van der Waals surface area contributed by atoms with Crippen molar-refractivity contribution in [2.45, 2.75) is 367 Å². The fourth-order valence-corrected chi connectivity index (χ4v) is 10.4. The molecular formula is C73H132O5. The van der Waals surface area contributed by atoms with Crippen molar-refractivity contribution >= 4 is 11.9 Å². The van der Waals surface area contributed by atoms with Gasteiger partial charge in [-0.25, -0.2) is 0 Å². The van der Waals surface area contributed by atoms with Crippen LogP contribution >= 0.6 is 0 Å². The predicted octanol–water partition coefficient (Wildman–Crippen LogP) is 23.9. The molecule has 78 heavy (non-hydrogen) atoms. The highest BCUT2D eigenvalue weighted by atomic mass is 16.6. The minimum absolute atomic E-state index is 0.0605. The van der Waals surface area contributed by atoms with Gasteiger partial charge in [0.2, 0.25) is 0 Å². The maximum atomic E-state index is 12.4. The number of hydrogen-bond donors (Lipinski definition) is 1. The lowest BCUT2D eigenvalue weighted by molar-refractivity contribution is -0.161. The molecule has 1 unspecified atom stereocenters. The van der Waals surface area contributed by atoms with Gasteiger partial charge in [-0.1, -0.05) is 356 Å². The van der Waals surface area contributed by atoms with Gasteiger partial charge in [0.25, 0.3) is 0 Å². The van der Waals surface area contributed by atoms with Crippen molar-refractivity contribution in [3.8, 4) is 0 Å². The van der Waals surface area contributed by atoms with Crippen molar-refractivity contribution in [3.05, 3.63) is 72.9 Å². The summed E-state index contributed by atoms with van der Waals surface area (Å²) in [5.41, 5.74) is 0. The van der Waals surface area contributed by atoms with Crippen LogP contribution in [0.1, 0.15) is 361 Å². The second-order valence-corrected chi connectivity index (χ2v) is 23.2. The first kappa shape index (κ1) is 75.3. The van der Waals surface area contributed by atoms with Crippen molar-refractivity contribution < 1.29 is 24.2 Å². The molecule has 0 aromatic carbocycles. The largest absolute Gasteiger partial charge is 0.462 e. The van der Waals surface area contributed by atoms with Crippen LogP contribution in [0.15, 0.2) is 72.9 Å². The lowest BCUT2D eigenvalue weighted by Crippen LogP contribution is -2.28. The number of unbranched alkanes of at least 4 members (excludes halogenated alkanes) is 44. The number of aliphatic hydroxyl groups is 1. The molecule has 0 saturated heterocycles. The minimum atomic E-state index is -0.771. The molecule has 0 heterocycles. The molecule has 0 aromatic rings. The van der Waals surface area contributed by atoms with E-state index in [9.17, 15) is 14.7 Å². The zero-order valence-corrected chi connectivity index (χ0v) is 52.2. The Morgan fingerprint density at radius 1 is 0.308 bits per heavy atom. The minimum Gasteiger partial charge on any atom is -0.462 e. The molecule has 5 nitrogen and oxygen atoms in total. The maximum Gasteiger partial charge on any atom is 0.306 e. The summed E-state index contributed by atoms with van der Waals surface area (Å²) < 4.78 is 10.8. The summed E-state index contributed by atoms with van der Waals surface area (Å²) >= 11 is 0. The molecule has 0 aromatic heterocycles. The van der Waals surface area contributed by atoms with Crippen LogP contribution in [0.5, 0.6) is 0 Å². The van der Waals surface area contributed by atoms with Gasteiger partial charge in [-0.05, 0) is 64.2 Å². The Morgan fingerprint density at radius 2 is 0.551 bits per heavy atom. The second kappa shape index (κ2) is 68.6. The number of allylic oxidation sites excluding steroid dienone is 12. The SMILES string of the molecule is CC/C=C\C/C=C\C/C=C\C/C=C\C/C=C\C/C=C\CCCCCCCCCCCCCCCCCCCCCCC(=O)OC(CO)COC(=O)CCCCCCCCCCCCCCCCCCCCCCCCCCC. The van der Waals surface area contributed by atoms with Gasteiger partial charge in [0, 0.05) is 12.8 Å². The molecule has 0 amide bonds. The molecule has 0 aliphatic heterocycles. The molecule has 0 rings (SSSR count). The van der Waals surface area contributed by atoms with E-state index < -0.39 is 6.10 Å². The number of carbonyl (C=O) groups excluding carboxylic acids is 2. The van der Waals surface area contributed by atoms with Gasteiger partial charge in [-0.2, -0.15) is 0 Å². The smallest absolute Gasteiger partial charge is 0.306 e. The highest BCUT2D eigenvalue weighted by Gasteiger charge is 2.16. The van der Waals surface area contributed by atoms with E-state index in [-0.39, 0.29) is 25.2 Å². The van der Waals surface area contributed by atoms with E-state index >= 15 is 0 Å². The summed E-state index contributed by atoms with van der Waals surface area (Å²) in [6.07, 6.45) is 95.1. The van der Waals surface area contributed by atoms with E-state index in [0.29, 0.717) is 12.8 Å². The predicted molar refractivity (Wildman–Crippen MR) is 343 cm³/mol. The standard InChI is InChI=1S/C73H132O5/c1-3-5-7-9-11-13-15-17-19-21-23-25-27-29-30-31-32-33-34-35-36-37-38-39-40-41-42-44-46-48-50-52-54-56-58-60-62-64-66-68-73(76)78-71(69-74)70-77-72(75)67-65-63-61-59-57-55-53-51-49-47-45-43-28-26-24-22-20-18-16-14-12-10-8-6-4-2/h5,7,11,13,17,19,23,25,29-30,32-33,71,74H,3-4,6,8-10,12,14-16,18,20-22,24,26-28,31,34-70H2,1-2H3/b7-5-,13-11-,19-17-,25-23-,30-29-,33-32-. The van der Waals surface area contributed by atoms with Crippen molar-refractivity contribution in [1.29, 1.82) is 0 Å². The Kier molecular flexibility index (Phi) is 66.3. The van der Waals surface area contributed by atoms with Crippen molar-refractivity contribution in [2.24, 2.45) is 0 Å². The van der Waals surface area contributed by atoms with E-state index in [1.54, 1.807) is 0 Å². The molecule has 0 spiro atoms. The fraction of sp³-hybridized carbons (Fsp3) is 0.808. The number of hydrogen-bond acceptors (Lipinski definition) is 5. The second-order valence-electron chi connectivity index (χ2n) is 23.2. The van der Waals surface area contributed by atoms with Crippen LogP contribution in [0.4, 0.5) is 0 Å². The average Bonchev–Trinajstić information content (AvgIpc) is 3.44. The highest BCUT2D eigenvalue weighted by molar-refractivity contribution is 5.70. The number of carbonyl (C=O) groups is 2. The first-order valence-electron chi connectivity index (χ1n) is 34.5. The van der Waals surface area contributed by atoms with Crippen molar-refractivity contribution in [2.75, 3.05) is 13.2 Å². The third-order valence-electron chi connectivity index (χ3n) is 15.5. The summed E-state index contributed by atoms with van der Waals surface area (Å²) in [6, 6.07) is 0. The number of esters is 2. The molecule has 0 aliphatic rings. The summed E-state index contributed by atoms with van der Waals surface area (Å²) in [7, 11) is 0. The van der Waals surface area contributed by atoms with E-state index in [2.05, 4.69) is 86.8 Å². The van der Waals surface area contributed by atoms with Crippen molar-refractivity contribution in [3.63, 3.8) is 0 Å². The zero-order chi connectivity index (χ0) is 56.2. The molecule has 0 radical (unpaired) electrons. The van der Waals surface area contributed by atoms with E-state index in [4.69, 9.17) is 9.47 Å². The van der Waals surface area contributed by atoms with Gasteiger partial charge in [-0.15, -0.1) is 0 Å². The fourth-order valence-electron chi connectivity index (χ4n) is 10.4. The quantitative estimate of drug-likeness (QED) is 0.0373. The lowest BCUT2D eigenvalue weighted by Gasteiger charge is -2.15. The van der Waals surface area contributed by atoms with Crippen LogP contribution in [0.3, 0.4) is 0 Å². The first-order valence-corrected chi connectivity index (χ1v) is 34.5. The van der Waals surface area contributed by atoms with Crippen LogP contribution < -0.4 is 0 Å². The molecule has 454 valence electrons. The van der Waals surface area contributed by atoms with Gasteiger partial charge < -0.3 is 14.6 Å². The Morgan fingerprint density at radius 3 is 0.833 bits per heavy atom. The number of aliphatic hydroxyl groups excluding tert-OH is 1. The van der Waals surface area contributed by atoms with Crippen LogP contribution in [0.2, 0.25) is 0 Å². The summed E-state index contributed by atoms with van der Waals surface area (Å²) in [5.74, 6) is -0.569. The van der Waals surface area contributed by atoms with Crippen LogP contribution in [-0.4, -0.2) is 36.4 Å². The molecule has 0 bridgehead atoms. The Bertz CT molecular complexity index is 1370. The summed E-state index contributed by atoms with van der Waals surface area (Å²) in [5, 5.41) is 9.70. The maximum absolute atomic E-state index is 12.4. The average molecular weight is 1090 g/mol. The number of rotatable bonds is 64. The molecule has 0 aliphatic carbocycles. The van der Waals surface area contributed by atoms with E-state index in [0.717, 1.165) is 70.6 Å². The normalized spacial score (nSPS) is 12.6. The Balaban J connectivity index is 3.41. The van der Waals surface area contributed by atoms with Crippen LogP contribution in [-0.2, 0) is 19.1 Å². The van der Waals surface area contributed by atoms with E-state index in [1.807, 2.05) is 0 Å². The third-order valence-corrected chi connectivity index (χ3v) is 15.5. The highest BCUT2D eigenvalue weighted by Crippen LogP contribution is 2.19. The van der Waals surface area contributed by atoms with Crippen LogP contribution in [0, 0.1) is 0 Å². The lowest BCUT2D eigenvalue weighted by atomic mass is 10.0. The Hall–Kier alpha value is -2.66. The Labute approximate surface area is 486 Å². The third kappa shape index (κ3) is 65.9. The first-order chi connectivity index (χ1) is 38.6. The summed E-state index contributed by atoms with van der Waals surface area (Å²) in [4.78, 5) is 24.6. The molecule has 0 saturated carbocycles.